The zero-order chi connectivity index (χ0) is 15.0. The smallest absolute Gasteiger partial charge is 0.224 e. The highest BCUT2D eigenvalue weighted by atomic mass is 16.5. The molecule has 0 bridgehead atoms. The predicted octanol–water partition coefficient (Wildman–Crippen LogP) is 1.77. The molecule has 0 unspecified atom stereocenters. The monoisotopic (exact) mass is 302 g/mol. The van der Waals surface area contributed by atoms with Gasteiger partial charge in [-0.05, 0) is 25.3 Å². The minimum atomic E-state index is 0.345. The van der Waals surface area contributed by atoms with Crippen LogP contribution >= 0.6 is 0 Å². The van der Waals surface area contributed by atoms with Gasteiger partial charge in [0.15, 0.2) is 0 Å². The van der Waals surface area contributed by atoms with Gasteiger partial charge in [-0.1, -0.05) is 0 Å². The van der Waals surface area contributed by atoms with Crippen LogP contribution in [0.25, 0.3) is 0 Å². The van der Waals surface area contributed by atoms with Crippen molar-refractivity contribution in [1.29, 1.82) is 0 Å². The molecule has 0 aromatic carbocycles. The molecule has 118 valence electrons. The number of aromatic nitrogens is 4. The lowest BCUT2D eigenvalue weighted by Gasteiger charge is -2.23. The van der Waals surface area contributed by atoms with Crippen LogP contribution in [0, 0.1) is 0 Å². The number of anilines is 2. The van der Waals surface area contributed by atoms with Crippen molar-refractivity contribution in [2.24, 2.45) is 0 Å². The Kier molecular flexibility index (Phi) is 5.20. The van der Waals surface area contributed by atoms with E-state index in [2.05, 4.69) is 30.2 Å². The summed E-state index contributed by atoms with van der Waals surface area (Å²) < 4.78 is 7.53. The molecular weight excluding hydrogens is 280 g/mol. The van der Waals surface area contributed by atoms with Gasteiger partial charge < -0.3 is 19.9 Å². The normalized spacial score (nSPS) is 18.1. The molecule has 0 saturated carbocycles. The quantitative estimate of drug-likeness (QED) is 0.759. The van der Waals surface area contributed by atoms with E-state index in [9.17, 15) is 0 Å². The van der Waals surface area contributed by atoms with Gasteiger partial charge in [0, 0.05) is 38.3 Å². The van der Waals surface area contributed by atoms with Gasteiger partial charge in [-0.3, -0.25) is 0 Å². The molecular formula is C15H22N6O. The van der Waals surface area contributed by atoms with Crippen LogP contribution in [-0.4, -0.2) is 45.3 Å². The van der Waals surface area contributed by atoms with Crippen molar-refractivity contribution >= 4 is 11.8 Å². The average molecular weight is 302 g/mol. The number of nitrogens with one attached hydrogen (secondary N) is 2. The maximum absolute atomic E-state index is 5.47. The molecule has 2 aromatic rings. The fraction of sp³-hybridized carbons (Fsp3) is 0.533. The van der Waals surface area contributed by atoms with Gasteiger partial charge in [0.2, 0.25) is 5.95 Å². The fourth-order valence-electron chi connectivity index (χ4n) is 2.47. The van der Waals surface area contributed by atoms with E-state index < -0.39 is 0 Å². The number of nitrogens with zero attached hydrogens (tertiary/aromatic N) is 4. The summed E-state index contributed by atoms with van der Waals surface area (Å²) in [6.45, 7) is 3.38. The Morgan fingerprint density at radius 2 is 2.36 bits per heavy atom. The molecule has 7 heteroatoms. The van der Waals surface area contributed by atoms with E-state index in [4.69, 9.17) is 4.74 Å². The first-order valence-electron chi connectivity index (χ1n) is 7.77. The fourth-order valence-corrected chi connectivity index (χ4v) is 2.47. The number of ether oxygens (including phenoxy) is 1. The molecule has 1 aliphatic heterocycles. The summed E-state index contributed by atoms with van der Waals surface area (Å²) in [6.07, 6.45) is 10.6. The molecule has 7 nitrogen and oxygen atoms in total. The maximum Gasteiger partial charge on any atom is 0.224 e. The molecule has 22 heavy (non-hydrogen) atoms. The molecule has 1 aliphatic rings. The summed E-state index contributed by atoms with van der Waals surface area (Å²) in [5.74, 6) is 1.51. The first kappa shape index (κ1) is 14.8. The van der Waals surface area contributed by atoms with Crippen LogP contribution in [-0.2, 0) is 11.3 Å². The van der Waals surface area contributed by atoms with Crippen molar-refractivity contribution in [2.45, 2.75) is 31.8 Å². The summed E-state index contributed by atoms with van der Waals surface area (Å²) in [5, 5.41) is 6.66. The van der Waals surface area contributed by atoms with Gasteiger partial charge in [0.25, 0.3) is 0 Å². The van der Waals surface area contributed by atoms with Crippen LogP contribution < -0.4 is 10.6 Å². The van der Waals surface area contributed by atoms with Gasteiger partial charge in [0.1, 0.15) is 5.82 Å². The van der Waals surface area contributed by atoms with Crippen molar-refractivity contribution in [1.82, 2.24) is 19.5 Å². The van der Waals surface area contributed by atoms with Crippen LogP contribution in [0.4, 0.5) is 11.8 Å². The molecule has 0 spiro atoms. The van der Waals surface area contributed by atoms with E-state index in [1.54, 1.807) is 12.4 Å². The van der Waals surface area contributed by atoms with Crippen molar-refractivity contribution in [3.05, 3.63) is 31.0 Å². The van der Waals surface area contributed by atoms with Crippen molar-refractivity contribution < 1.29 is 4.74 Å². The van der Waals surface area contributed by atoms with Gasteiger partial charge in [-0.15, -0.1) is 0 Å². The molecule has 0 radical (unpaired) electrons. The van der Waals surface area contributed by atoms with E-state index in [1.165, 1.54) is 0 Å². The minimum absolute atomic E-state index is 0.345. The predicted molar refractivity (Wildman–Crippen MR) is 84.8 cm³/mol. The molecule has 3 rings (SSSR count). The topological polar surface area (TPSA) is 76.9 Å². The Morgan fingerprint density at radius 1 is 1.36 bits per heavy atom. The molecule has 1 saturated heterocycles. The Bertz CT molecular complexity index is 553. The number of imidazole rings is 1. The third kappa shape index (κ3) is 4.42. The molecule has 0 aliphatic carbocycles. The maximum atomic E-state index is 5.47. The molecule has 2 aromatic heterocycles. The van der Waals surface area contributed by atoms with Crippen LogP contribution in [0.1, 0.15) is 19.3 Å². The van der Waals surface area contributed by atoms with E-state index in [0.29, 0.717) is 12.0 Å². The SMILES string of the molecule is c1cn(CCCNc2nccc(N[C@@H]3CCCOC3)n2)cn1. The van der Waals surface area contributed by atoms with E-state index in [1.807, 2.05) is 18.6 Å². The third-order valence-electron chi connectivity index (χ3n) is 3.60. The Morgan fingerprint density at radius 3 is 3.18 bits per heavy atom. The lowest BCUT2D eigenvalue weighted by Crippen LogP contribution is -2.30. The first-order chi connectivity index (χ1) is 10.9. The number of hydrogen-bond acceptors (Lipinski definition) is 6. The summed E-state index contributed by atoms with van der Waals surface area (Å²) in [5.41, 5.74) is 0. The lowest BCUT2D eigenvalue weighted by molar-refractivity contribution is 0.0875. The van der Waals surface area contributed by atoms with E-state index >= 15 is 0 Å². The molecule has 3 heterocycles. The van der Waals surface area contributed by atoms with Crippen LogP contribution in [0.3, 0.4) is 0 Å². The second kappa shape index (κ2) is 7.74. The Hall–Kier alpha value is -2.15. The van der Waals surface area contributed by atoms with Crippen molar-refractivity contribution in [3.63, 3.8) is 0 Å². The number of aryl methyl sites for hydroxylation is 1. The van der Waals surface area contributed by atoms with Crippen LogP contribution in [0.5, 0.6) is 0 Å². The second-order valence-corrected chi connectivity index (χ2v) is 5.40. The molecule has 1 atom stereocenters. The average Bonchev–Trinajstić information content (AvgIpc) is 3.06. The Labute approximate surface area is 130 Å². The van der Waals surface area contributed by atoms with E-state index in [0.717, 1.165) is 51.4 Å². The van der Waals surface area contributed by atoms with Gasteiger partial charge >= 0.3 is 0 Å². The standard InChI is InChI=1S/C15H22N6O/c1-3-13(11-22-10-1)19-14-4-6-18-15(20-14)17-5-2-8-21-9-7-16-12-21/h4,6-7,9,12-13H,1-3,5,8,10-11H2,(H2,17,18,19,20)/t13-/m1/s1. The zero-order valence-corrected chi connectivity index (χ0v) is 12.6. The highest BCUT2D eigenvalue weighted by Crippen LogP contribution is 2.13. The molecule has 2 N–H and O–H groups in total. The van der Waals surface area contributed by atoms with Crippen molar-refractivity contribution in [3.8, 4) is 0 Å². The number of hydrogen-bond donors (Lipinski definition) is 2. The lowest BCUT2D eigenvalue weighted by atomic mass is 10.1. The minimum Gasteiger partial charge on any atom is -0.379 e. The molecule has 0 amide bonds. The number of rotatable bonds is 7. The highest BCUT2D eigenvalue weighted by Gasteiger charge is 2.14. The summed E-state index contributed by atoms with van der Waals surface area (Å²) in [4.78, 5) is 12.8. The van der Waals surface area contributed by atoms with Gasteiger partial charge in [0.05, 0.1) is 19.0 Å². The summed E-state index contributed by atoms with van der Waals surface area (Å²) >= 11 is 0. The third-order valence-corrected chi connectivity index (χ3v) is 3.60. The largest absolute Gasteiger partial charge is 0.379 e. The van der Waals surface area contributed by atoms with E-state index in [-0.39, 0.29) is 0 Å². The summed E-state index contributed by atoms with van der Waals surface area (Å²) in [7, 11) is 0. The van der Waals surface area contributed by atoms with Crippen LogP contribution in [0.15, 0.2) is 31.0 Å². The van der Waals surface area contributed by atoms with Crippen LogP contribution in [0.2, 0.25) is 0 Å². The highest BCUT2D eigenvalue weighted by molar-refractivity contribution is 5.40. The summed E-state index contributed by atoms with van der Waals surface area (Å²) in [6, 6.07) is 2.24. The second-order valence-electron chi connectivity index (χ2n) is 5.40. The van der Waals surface area contributed by atoms with Crippen molar-refractivity contribution in [2.75, 3.05) is 30.4 Å². The first-order valence-corrected chi connectivity index (χ1v) is 7.77. The van der Waals surface area contributed by atoms with Gasteiger partial charge in [-0.2, -0.15) is 4.98 Å². The zero-order valence-electron chi connectivity index (χ0n) is 12.6. The van der Waals surface area contributed by atoms with Gasteiger partial charge in [-0.25, -0.2) is 9.97 Å². The molecule has 1 fully saturated rings. The Balaban J connectivity index is 1.44.